The lowest BCUT2D eigenvalue weighted by Gasteiger charge is -2.34. The van der Waals surface area contributed by atoms with Crippen LogP contribution in [0.3, 0.4) is 0 Å². The quantitative estimate of drug-likeness (QED) is 0.846. The van der Waals surface area contributed by atoms with Gasteiger partial charge in [0.25, 0.3) is 0 Å². The van der Waals surface area contributed by atoms with Crippen molar-refractivity contribution in [1.29, 1.82) is 5.41 Å². The molecule has 1 unspecified atom stereocenters. The van der Waals surface area contributed by atoms with Crippen molar-refractivity contribution in [3.8, 4) is 0 Å². The molecular weight excluding hydrogens is 282 g/mol. The molecule has 0 saturated heterocycles. The molecule has 0 saturated carbocycles. The maximum atomic E-state index is 7.61. The normalized spacial score (nSPS) is 17.6. The van der Waals surface area contributed by atoms with Crippen LogP contribution in [0.4, 0.5) is 5.69 Å². The van der Waals surface area contributed by atoms with Gasteiger partial charge in [0.2, 0.25) is 0 Å². The highest BCUT2D eigenvalue weighted by Gasteiger charge is 2.23. The molecule has 0 spiro atoms. The molecule has 23 heavy (non-hydrogen) atoms. The number of nitrogens with zero attached hydrogens (tertiary/aromatic N) is 1. The molecule has 2 aromatic carbocycles. The molecule has 0 aromatic heterocycles. The van der Waals surface area contributed by atoms with Gasteiger partial charge in [-0.1, -0.05) is 36.4 Å². The van der Waals surface area contributed by atoms with Gasteiger partial charge in [-0.05, 0) is 35.2 Å². The third-order valence-corrected chi connectivity index (χ3v) is 4.51. The molecule has 1 heterocycles. The summed E-state index contributed by atoms with van der Waals surface area (Å²) in [7, 11) is 4.02. The number of rotatable bonds is 4. The fourth-order valence-corrected chi connectivity index (χ4v) is 3.37. The van der Waals surface area contributed by atoms with Gasteiger partial charge in [-0.25, -0.2) is 0 Å². The Hall–Kier alpha value is -2.55. The molecule has 0 bridgehead atoms. The first-order valence-corrected chi connectivity index (χ1v) is 8.00. The Morgan fingerprint density at radius 2 is 2.00 bits per heavy atom. The van der Waals surface area contributed by atoms with Gasteiger partial charge in [-0.3, -0.25) is 0 Å². The van der Waals surface area contributed by atoms with Crippen molar-refractivity contribution in [2.75, 3.05) is 25.5 Å². The minimum Gasteiger partial charge on any atom is -0.393 e. The molecule has 1 atom stereocenters. The zero-order chi connectivity index (χ0) is 16.2. The molecule has 3 heteroatoms. The highest BCUT2D eigenvalue weighted by Crippen LogP contribution is 2.35. The van der Waals surface area contributed by atoms with Crippen LogP contribution in [0.1, 0.15) is 22.6 Å². The fourth-order valence-electron chi connectivity index (χ4n) is 3.37. The summed E-state index contributed by atoms with van der Waals surface area (Å²) < 4.78 is 0. The van der Waals surface area contributed by atoms with Crippen LogP contribution in [-0.2, 0) is 6.42 Å². The maximum Gasteiger partial charge on any atom is 0.0397 e. The van der Waals surface area contributed by atoms with Crippen LogP contribution >= 0.6 is 0 Å². The summed E-state index contributed by atoms with van der Waals surface area (Å²) in [6.45, 7) is 1.04. The number of nitrogens with one attached hydrogen (secondary N) is 2. The van der Waals surface area contributed by atoms with Crippen LogP contribution < -0.4 is 10.2 Å². The Bertz CT molecular complexity index is 719. The Morgan fingerprint density at radius 1 is 1.22 bits per heavy atom. The van der Waals surface area contributed by atoms with Crippen molar-refractivity contribution < 1.29 is 0 Å². The Kier molecular flexibility index (Phi) is 4.47. The predicted octanol–water partition coefficient (Wildman–Crippen LogP) is 3.67. The van der Waals surface area contributed by atoms with E-state index >= 15 is 0 Å². The third kappa shape index (κ3) is 3.14. The van der Waals surface area contributed by atoms with E-state index in [2.05, 4.69) is 65.8 Å². The second kappa shape index (κ2) is 6.69. The van der Waals surface area contributed by atoms with E-state index in [0.717, 1.165) is 24.1 Å². The molecule has 1 aliphatic rings. The lowest BCUT2D eigenvalue weighted by Crippen LogP contribution is -2.31. The number of anilines is 1. The number of allylic oxidation sites excluding steroid dienone is 1. The first-order chi connectivity index (χ1) is 11.2. The predicted molar refractivity (Wildman–Crippen MR) is 98.4 cm³/mol. The average Bonchev–Trinajstić information content (AvgIpc) is 2.60. The monoisotopic (exact) mass is 305 g/mol. The van der Waals surface area contributed by atoms with Gasteiger partial charge in [0.15, 0.2) is 0 Å². The van der Waals surface area contributed by atoms with Crippen LogP contribution in [-0.4, -0.2) is 26.9 Å². The fraction of sp³-hybridized carbons (Fsp3) is 0.250. The van der Waals surface area contributed by atoms with Crippen molar-refractivity contribution in [2.24, 2.45) is 0 Å². The molecule has 3 nitrogen and oxygen atoms in total. The van der Waals surface area contributed by atoms with E-state index in [1.54, 1.807) is 0 Å². The zero-order valence-corrected chi connectivity index (χ0v) is 13.7. The summed E-state index contributed by atoms with van der Waals surface area (Å²) >= 11 is 0. The molecule has 1 aliphatic heterocycles. The number of benzene rings is 2. The summed E-state index contributed by atoms with van der Waals surface area (Å²) in [5.41, 5.74) is 6.05. The van der Waals surface area contributed by atoms with Gasteiger partial charge >= 0.3 is 0 Å². The standard InChI is InChI=1S/C20H23N3/c1-22-13-19(12-21)16-8-9-20-17(10-16)11-18(14-23(20)2)15-6-4-3-5-7-15/h3-10,12-13,18,21-22H,11,14H2,1-2H3/b19-13+,21-12?. The van der Waals surface area contributed by atoms with E-state index in [1.165, 1.54) is 23.0 Å². The molecule has 0 amide bonds. The van der Waals surface area contributed by atoms with E-state index in [4.69, 9.17) is 5.41 Å². The van der Waals surface area contributed by atoms with Crippen molar-refractivity contribution in [3.05, 3.63) is 71.4 Å². The lowest BCUT2D eigenvalue weighted by molar-refractivity contribution is 0.638. The third-order valence-electron chi connectivity index (χ3n) is 4.51. The van der Waals surface area contributed by atoms with E-state index in [0.29, 0.717) is 5.92 Å². The molecule has 0 aliphatic carbocycles. The molecule has 3 rings (SSSR count). The molecule has 2 N–H and O–H groups in total. The van der Waals surface area contributed by atoms with Crippen LogP contribution in [0.15, 0.2) is 54.7 Å². The van der Waals surface area contributed by atoms with Crippen molar-refractivity contribution in [3.63, 3.8) is 0 Å². The second-order valence-corrected chi connectivity index (χ2v) is 6.07. The summed E-state index contributed by atoms with van der Waals surface area (Å²) in [4.78, 5) is 2.34. The van der Waals surface area contributed by atoms with Crippen molar-refractivity contribution in [2.45, 2.75) is 12.3 Å². The highest BCUT2D eigenvalue weighted by atomic mass is 15.1. The van der Waals surface area contributed by atoms with Crippen molar-refractivity contribution in [1.82, 2.24) is 5.32 Å². The SMILES string of the molecule is CN/C=C(\C=N)c1ccc2c(c1)CC(c1ccccc1)CN2C. The van der Waals surface area contributed by atoms with E-state index in [9.17, 15) is 0 Å². The highest BCUT2D eigenvalue weighted by molar-refractivity contribution is 6.08. The lowest BCUT2D eigenvalue weighted by atomic mass is 9.86. The van der Waals surface area contributed by atoms with Crippen LogP contribution in [0, 0.1) is 5.41 Å². The summed E-state index contributed by atoms with van der Waals surface area (Å²) in [5.74, 6) is 0.515. The smallest absolute Gasteiger partial charge is 0.0397 e. The van der Waals surface area contributed by atoms with Crippen molar-refractivity contribution >= 4 is 17.5 Å². The van der Waals surface area contributed by atoms with Gasteiger partial charge < -0.3 is 15.6 Å². The Balaban J connectivity index is 1.95. The van der Waals surface area contributed by atoms with Crippen LogP contribution in [0.2, 0.25) is 0 Å². The number of hydrogen-bond acceptors (Lipinski definition) is 3. The summed E-state index contributed by atoms with van der Waals surface area (Å²) in [5, 5.41) is 10.6. The average molecular weight is 305 g/mol. The Labute approximate surface area is 138 Å². The molecule has 0 radical (unpaired) electrons. The summed E-state index contributed by atoms with van der Waals surface area (Å²) in [6, 6.07) is 17.3. The molecule has 2 aromatic rings. The maximum absolute atomic E-state index is 7.61. The van der Waals surface area contributed by atoms with E-state index in [-0.39, 0.29) is 0 Å². The van der Waals surface area contributed by atoms with Crippen LogP contribution in [0.5, 0.6) is 0 Å². The first kappa shape index (κ1) is 15.3. The first-order valence-electron chi connectivity index (χ1n) is 8.00. The van der Waals surface area contributed by atoms with Gasteiger partial charge in [0.05, 0.1) is 0 Å². The topological polar surface area (TPSA) is 39.1 Å². The molecular formula is C20H23N3. The number of likely N-dealkylation sites (N-methyl/N-ethyl adjacent to an activating group) is 1. The van der Waals surface area contributed by atoms with Gasteiger partial charge in [-0.2, -0.15) is 0 Å². The minimum absolute atomic E-state index is 0.515. The van der Waals surface area contributed by atoms with E-state index < -0.39 is 0 Å². The van der Waals surface area contributed by atoms with E-state index in [1.807, 2.05) is 13.2 Å². The number of fused-ring (bicyclic) bond motifs is 1. The van der Waals surface area contributed by atoms with Gasteiger partial charge in [-0.15, -0.1) is 0 Å². The molecule has 0 fully saturated rings. The number of hydrogen-bond donors (Lipinski definition) is 2. The van der Waals surface area contributed by atoms with Gasteiger partial charge in [0, 0.05) is 50.2 Å². The van der Waals surface area contributed by atoms with Gasteiger partial charge in [0.1, 0.15) is 0 Å². The summed E-state index contributed by atoms with van der Waals surface area (Å²) in [6.07, 6.45) is 4.32. The van der Waals surface area contributed by atoms with Crippen LogP contribution in [0.25, 0.3) is 5.57 Å². The Morgan fingerprint density at radius 3 is 2.70 bits per heavy atom. The minimum atomic E-state index is 0.515. The largest absolute Gasteiger partial charge is 0.393 e. The second-order valence-electron chi connectivity index (χ2n) is 6.07. The zero-order valence-electron chi connectivity index (χ0n) is 13.7. The molecule has 118 valence electrons.